The first-order valence-corrected chi connectivity index (χ1v) is 7.22. The summed E-state index contributed by atoms with van der Waals surface area (Å²) in [6.07, 6.45) is 3.36. The van der Waals surface area contributed by atoms with Gasteiger partial charge in [0.25, 0.3) is 0 Å². The van der Waals surface area contributed by atoms with E-state index >= 15 is 0 Å². The third-order valence-corrected chi connectivity index (χ3v) is 5.18. The van der Waals surface area contributed by atoms with Gasteiger partial charge in [-0.1, -0.05) is 0 Å². The highest BCUT2D eigenvalue weighted by Crippen LogP contribution is 2.19. The predicted molar refractivity (Wildman–Crippen MR) is 61.8 cm³/mol. The van der Waals surface area contributed by atoms with Gasteiger partial charge in [0, 0.05) is 25.0 Å². The Hall–Kier alpha value is -0.880. The van der Waals surface area contributed by atoms with E-state index in [0.29, 0.717) is 18.8 Å². The number of hydrogen-bond acceptors (Lipinski definition) is 4. The van der Waals surface area contributed by atoms with Crippen molar-refractivity contribution in [2.45, 2.75) is 31.6 Å². The van der Waals surface area contributed by atoms with Crippen molar-refractivity contribution in [2.75, 3.05) is 12.3 Å². The summed E-state index contributed by atoms with van der Waals surface area (Å²) in [5.74, 6) is 1.23. The molecule has 0 bridgehead atoms. The maximum atomic E-state index is 11.5. The summed E-state index contributed by atoms with van der Waals surface area (Å²) in [7, 11) is -2.82. The summed E-state index contributed by atoms with van der Waals surface area (Å²) >= 11 is 0. The van der Waals surface area contributed by atoms with Gasteiger partial charge in [-0.2, -0.15) is 0 Å². The van der Waals surface area contributed by atoms with E-state index < -0.39 is 9.84 Å². The second-order valence-electron chi connectivity index (χ2n) is 4.26. The Morgan fingerprint density at radius 1 is 1.62 bits per heavy atom. The Kier molecular flexibility index (Phi) is 3.30. The number of aromatic amines is 1. The minimum absolute atomic E-state index is 0.198. The minimum atomic E-state index is -2.82. The van der Waals surface area contributed by atoms with Gasteiger partial charge in [0.2, 0.25) is 0 Å². The van der Waals surface area contributed by atoms with E-state index in [1.165, 1.54) is 0 Å². The molecule has 6 heteroatoms. The monoisotopic (exact) mass is 243 g/mol. The fourth-order valence-electron chi connectivity index (χ4n) is 2.02. The molecular weight excluding hydrogens is 226 g/mol. The molecule has 0 amide bonds. The Labute approximate surface area is 95.6 Å². The van der Waals surface area contributed by atoms with Crippen molar-refractivity contribution in [3.05, 3.63) is 17.7 Å². The van der Waals surface area contributed by atoms with Gasteiger partial charge in [0.15, 0.2) is 9.84 Å². The maximum Gasteiger partial charge on any atom is 0.154 e. The molecule has 1 aliphatic heterocycles. The highest BCUT2D eigenvalue weighted by Gasteiger charge is 2.30. The maximum absolute atomic E-state index is 11.5. The Morgan fingerprint density at radius 3 is 3.00 bits per heavy atom. The number of hydrogen-bond donors (Lipinski definition) is 2. The highest BCUT2D eigenvalue weighted by atomic mass is 32.2. The fourth-order valence-corrected chi connectivity index (χ4v) is 3.82. The van der Waals surface area contributed by atoms with Gasteiger partial charge in [-0.15, -0.1) is 0 Å². The van der Waals surface area contributed by atoms with Gasteiger partial charge in [-0.3, -0.25) is 0 Å². The summed E-state index contributed by atoms with van der Waals surface area (Å²) in [5.41, 5.74) is 0.993. The number of aryl methyl sites for hydroxylation is 1. The molecule has 0 spiro atoms. The highest BCUT2D eigenvalue weighted by molar-refractivity contribution is 7.92. The summed E-state index contributed by atoms with van der Waals surface area (Å²) in [5, 5.41) is 2.96. The Bertz CT molecular complexity index is 452. The van der Waals surface area contributed by atoms with Crippen molar-refractivity contribution < 1.29 is 8.42 Å². The first kappa shape index (κ1) is 11.6. The van der Waals surface area contributed by atoms with Crippen LogP contribution in [0.25, 0.3) is 0 Å². The second-order valence-corrected chi connectivity index (χ2v) is 6.66. The number of nitrogens with zero attached hydrogens (tertiary/aromatic N) is 1. The van der Waals surface area contributed by atoms with E-state index in [-0.39, 0.29) is 5.25 Å². The van der Waals surface area contributed by atoms with Crippen LogP contribution in [0.3, 0.4) is 0 Å². The summed E-state index contributed by atoms with van der Waals surface area (Å²) < 4.78 is 23.1. The molecule has 2 heterocycles. The number of aromatic nitrogens is 2. The summed E-state index contributed by atoms with van der Waals surface area (Å²) in [4.78, 5) is 7.18. The van der Waals surface area contributed by atoms with Gasteiger partial charge in [0.05, 0.1) is 11.0 Å². The molecule has 1 aromatic heterocycles. The molecule has 90 valence electrons. The zero-order chi connectivity index (χ0) is 11.6. The Balaban J connectivity index is 1.80. The van der Waals surface area contributed by atoms with Crippen LogP contribution in [0.15, 0.2) is 6.20 Å². The lowest BCUT2D eigenvalue weighted by Crippen LogP contribution is -2.30. The Morgan fingerprint density at radius 2 is 2.44 bits per heavy atom. The molecule has 0 aromatic carbocycles. The number of H-pyrrole nitrogens is 1. The van der Waals surface area contributed by atoms with Crippen LogP contribution in [0.1, 0.15) is 24.4 Å². The van der Waals surface area contributed by atoms with E-state index in [4.69, 9.17) is 0 Å². The van der Waals surface area contributed by atoms with Crippen LogP contribution in [0, 0.1) is 6.92 Å². The molecule has 0 radical (unpaired) electrons. The van der Waals surface area contributed by atoms with Gasteiger partial charge in [-0.05, 0) is 19.8 Å². The fraction of sp³-hybridized carbons (Fsp3) is 0.700. The molecule has 1 saturated heterocycles. The molecule has 0 saturated carbocycles. The van der Waals surface area contributed by atoms with Crippen LogP contribution in [0.4, 0.5) is 0 Å². The van der Waals surface area contributed by atoms with Crippen molar-refractivity contribution in [3.8, 4) is 0 Å². The van der Waals surface area contributed by atoms with Gasteiger partial charge in [-0.25, -0.2) is 13.4 Å². The molecule has 2 rings (SSSR count). The van der Waals surface area contributed by atoms with Crippen molar-refractivity contribution in [2.24, 2.45) is 0 Å². The van der Waals surface area contributed by atoms with Gasteiger partial charge >= 0.3 is 0 Å². The van der Waals surface area contributed by atoms with Crippen LogP contribution < -0.4 is 5.32 Å². The molecule has 2 N–H and O–H groups in total. The normalized spacial score (nSPS) is 23.7. The average Bonchev–Trinajstić information content (AvgIpc) is 2.74. The van der Waals surface area contributed by atoms with Crippen molar-refractivity contribution in [1.29, 1.82) is 0 Å². The standard InChI is InChI=1S/C10H17N3O2S/c1-8-12-6-9(13-8)5-11-7-10-3-2-4-16(10,14)15/h6,10-11H,2-5,7H2,1H3,(H,12,13). The van der Waals surface area contributed by atoms with Crippen LogP contribution in [-0.2, 0) is 16.4 Å². The van der Waals surface area contributed by atoms with Crippen molar-refractivity contribution >= 4 is 9.84 Å². The molecule has 16 heavy (non-hydrogen) atoms. The van der Waals surface area contributed by atoms with E-state index in [1.807, 2.05) is 6.92 Å². The number of sulfone groups is 1. The molecule has 0 aliphatic carbocycles. The topological polar surface area (TPSA) is 74.8 Å². The third kappa shape index (κ3) is 2.62. The zero-order valence-corrected chi connectivity index (χ0v) is 10.2. The SMILES string of the molecule is Cc1ncc(CNCC2CCCS2(=O)=O)[nH]1. The quantitative estimate of drug-likeness (QED) is 0.802. The molecule has 1 aliphatic rings. The molecule has 5 nitrogen and oxygen atoms in total. The minimum Gasteiger partial charge on any atom is -0.345 e. The lowest BCUT2D eigenvalue weighted by molar-refractivity contribution is 0.572. The second kappa shape index (κ2) is 4.55. The molecule has 1 aromatic rings. The first-order valence-electron chi connectivity index (χ1n) is 5.51. The summed E-state index contributed by atoms with van der Waals surface area (Å²) in [6, 6.07) is 0. The van der Waals surface area contributed by atoms with E-state index in [1.54, 1.807) is 6.20 Å². The van der Waals surface area contributed by atoms with E-state index in [9.17, 15) is 8.42 Å². The van der Waals surface area contributed by atoms with Crippen LogP contribution in [0.5, 0.6) is 0 Å². The largest absolute Gasteiger partial charge is 0.345 e. The molecule has 1 unspecified atom stereocenters. The van der Waals surface area contributed by atoms with Gasteiger partial charge in [0.1, 0.15) is 5.82 Å². The third-order valence-electron chi connectivity index (χ3n) is 2.91. The number of imidazole rings is 1. The average molecular weight is 243 g/mol. The van der Waals surface area contributed by atoms with Crippen LogP contribution in [-0.4, -0.2) is 35.9 Å². The first-order chi connectivity index (χ1) is 7.58. The lowest BCUT2D eigenvalue weighted by atomic mass is 10.2. The van der Waals surface area contributed by atoms with Gasteiger partial charge < -0.3 is 10.3 Å². The zero-order valence-electron chi connectivity index (χ0n) is 9.36. The van der Waals surface area contributed by atoms with Crippen molar-refractivity contribution in [3.63, 3.8) is 0 Å². The molecular formula is C10H17N3O2S. The lowest BCUT2D eigenvalue weighted by Gasteiger charge is -2.09. The smallest absolute Gasteiger partial charge is 0.154 e. The van der Waals surface area contributed by atoms with Crippen molar-refractivity contribution in [1.82, 2.24) is 15.3 Å². The van der Waals surface area contributed by atoms with Crippen LogP contribution >= 0.6 is 0 Å². The molecule has 1 atom stereocenters. The molecule has 1 fully saturated rings. The van der Waals surface area contributed by atoms with Crippen LogP contribution in [0.2, 0.25) is 0 Å². The number of rotatable bonds is 4. The summed E-state index contributed by atoms with van der Waals surface area (Å²) in [6.45, 7) is 3.08. The van der Waals surface area contributed by atoms with E-state index in [0.717, 1.165) is 24.4 Å². The van der Waals surface area contributed by atoms with E-state index in [2.05, 4.69) is 15.3 Å². The predicted octanol–water partition coefficient (Wildman–Crippen LogP) is 0.385. The number of nitrogens with one attached hydrogen (secondary N) is 2.